The molecule has 0 bridgehead atoms. The largest absolute Gasteiger partial charge is 0.463 e. The van der Waals surface area contributed by atoms with Crippen LogP contribution in [0.25, 0.3) is 11.0 Å². The summed E-state index contributed by atoms with van der Waals surface area (Å²) in [6.45, 7) is 1.65. The van der Waals surface area contributed by atoms with E-state index in [9.17, 15) is 13.6 Å². The first kappa shape index (κ1) is 11.6. The van der Waals surface area contributed by atoms with Gasteiger partial charge >= 0.3 is 5.97 Å². The van der Waals surface area contributed by atoms with E-state index in [0.29, 0.717) is 5.39 Å². The number of carbonyl (C=O) groups is 1. The highest BCUT2D eigenvalue weighted by atomic mass is 19.1. The number of alkyl halides is 1. The van der Waals surface area contributed by atoms with Crippen LogP contribution in [-0.4, -0.2) is 12.6 Å². The molecule has 0 spiro atoms. The molecule has 1 unspecified atom stereocenters. The Morgan fingerprint density at radius 2 is 2.29 bits per heavy atom. The number of rotatable bonds is 3. The van der Waals surface area contributed by atoms with Crippen molar-refractivity contribution >= 4 is 16.9 Å². The van der Waals surface area contributed by atoms with Gasteiger partial charge in [0.25, 0.3) is 6.17 Å². The SMILES string of the molecule is CCOC(=O)C(F)c1cc2cccc(F)c2o1. The van der Waals surface area contributed by atoms with Crippen molar-refractivity contribution in [3.05, 3.63) is 35.8 Å². The van der Waals surface area contributed by atoms with Crippen LogP contribution in [0, 0.1) is 5.82 Å². The molecule has 0 fully saturated rings. The Morgan fingerprint density at radius 1 is 1.53 bits per heavy atom. The number of benzene rings is 1. The van der Waals surface area contributed by atoms with Gasteiger partial charge in [-0.05, 0) is 19.1 Å². The highest BCUT2D eigenvalue weighted by Gasteiger charge is 2.25. The third-order valence-corrected chi connectivity index (χ3v) is 2.26. The summed E-state index contributed by atoms with van der Waals surface area (Å²) in [6, 6.07) is 5.55. The van der Waals surface area contributed by atoms with Gasteiger partial charge in [0.2, 0.25) is 0 Å². The number of halogens is 2. The molecule has 0 aliphatic rings. The lowest BCUT2D eigenvalue weighted by Gasteiger charge is -2.03. The number of ether oxygens (including phenoxy) is 1. The van der Waals surface area contributed by atoms with Crippen molar-refractivity contribution < 1.29 is 22.7 Å². The van der Waals surface area contributed by atoms with Gasteiger partial charge in [-0.15, -0.1) is 0 Å². The topological polar surface area (TPSA) is 39.4 Å². The molecule has 2 rings (SSSR count). The second kappa shape index (κ2) is 4.53. The standard InChI is InChI=1S/C12H10F2O3/c1-2-16-12(15)10(14)9-6-7-4-3-5-8(13)11(7)17-9/h3-6,10H,2H2,1H3. The Bertz CT molecular complexity index is 548. The van der Waals surface area contributed by atoms with Gasteiger partial charge in [0.1, 0.15) is 0 Å². The Balaban J connectivity index is 2.36. The van der Waals surface area contributed by atoms with Gasteiger partial charge in [-0.2, -0.15) is 0 Å². The van der Waals surface area contributed by atoms with Crippen LogP contribution in [0.3, 0.4) is 0 Å². The second-order valence-electron chi connectivity index (χ2n) is 3.42. The zero-order valence-corrected chi connectivity index (χ0v) is 9.07. The summed E-state index contributed by atoms with van der Waals surface area (Å²) < 4.78 is 36.4. The van der Waals surface area contributed by atoms with E-state index in [-0.39, 0.29) is 18.0 Å². The molecule has 2 aromatic rings. The molecule has 1 aromatic carbocycles. The monoisotopic (exact) mass is 240 g/mol. The van der Waals surface area contributed by atoms with E-state index < -0.39 is 18.0 Å². The van der Waals surface area contributed by atoms with Crippen LogP contribution in [0.5, 0.6) is 0 Å². The third-order valence-electron chi connectivity index (χ3n) is 2.26. The molecule has 0 saturated carbocycles. The fourth-order valence-electron chi connectivity index (χ4n) is 1.50. The summed E-state index contributed by atoms with van der Waals surface area (Å²) in [6.07, 6.45) is -2.03. The van der Waals surface area contributed by atoms with Crippen molar-refractivity contribution in [3.8, 4) is 0 Å². The van der Waals surface area contributed by atoms with E-state index in [2.05, 4.69) is 4.74 Å². The van der Waals surface area contributed by atoms with Crippen LogP contribution in [0.2, 0.25) is 0 Å². The lowest BCUT2D eigenvalue weighted by molar-refractivity contribution is -0.149. The van der Waals surface area contributed by atoms with Crippen molar-refractivity contribution in [1.29, 1.82) is 0 Å². The number of esters is 1. The summed E-state index contributed by atoms with van der Waals surface area (Å²) in [5.41, 5.74) is -0.0607. The molecule has 0 aliphatic heterocycles. The summed E-state index contributed by atoms with van der Waals surface area (Å²) in [5.74, 6) is -1.87. The molecule has 0 saturated heterocycles. The van der Waals surface area contributed by atoms with Crippen LogP contribution in [-0.2, 0) is 9.53 Å². The van der Waals surface area contributed by atoms with Crippen LogP contribution in [0.4, 0.5) is 8.78 Å². The van der Waals surface area contributed by atoms with Gasteiger partial charge in [-0.3, -0.25) is 0 Å². The average Bonchev–Trinajstić information content (AvgIpc) is 2.73. The van der Waals surface area contributed by atoms with Crippen LogP contribution >= 0.6 is 0 Å². The molecule has 1 heterocycles. The predicted molar refractivity (Wildman–Crippen MR) is 56.7 cm³/mol. The fourth-order valence-corrected chi connectivity index (χ4v) is 1.50. The summed E-state index contributed by atoms with van der Waals surface area (Å²) in [7, 11) is 0. The Hall–Kier alpha value is -1.91. The molecule has 5 heteroatoms. The van der Waals surface area contributed by atoms with Crippen LogP contribution < -0.4 is 0 Å². The molecule has 3 nitrogen and oxygen atoms in total. The van der Waals surface area contributed by atoms with Gasteiger partial charge < -0.3 is 9.15 Å². The first-order valence-corrected chi connectivity index (χ1v) is 5.12. The molecule has 17 heavy (non-hydrogen) atoms. The van der Waals surface area contributed by atoms with Crippen molar-refractivity contribution in [2.45, 2.75) is 13.1 Å². The van der Waals surface area contributed by atoms with Gasteiger partial charge in [0.15, 0.2) is 17.2 Å². The molecule has 0 radical (unpaired) electrons. The summed E-state index contributed by atoms with van der Waals surface area (Å²) in [5, 5.41) is 0.409. The van der Waals surface area contributed by atoms with E-state index in [1.165, 1.54) is 18.2 Å². The van der Waals surface area contributed by atoms with E-state index in [0.717, 1.165) is 0 Å². The maximum atomic E-state index is 13.6. The van der Waals surface area contributed by atoms with E-state index in [1.54, 1.807) is 13.0 Å². The zero-order chi connectivity index (χ0) is 12.4. The molecular formula is C12H10F2O3. The first-order valence-electron chi connectivity index (χ1n) is 5.12. The van der Waals surface area contributed by atoms with Crippen LogP contribution in [0.1, 0.15) is 18.9 Å². The smallest absolute Gasteiger partial charge is 0.348 e. The molecule has 0 N–H and O–H groups in total. The van der Waals surface area contributed by atoms with Crippen molar-refractivity contribution in [2.24, 2.45) is 0 Å². The highest BCUT2D eigenvalue weighted by Crippen LogP contribution is 2.28. The number of hydrogen-bond acceptors (Lipinski definition) is 3. The molecule has 1 atom stereocenters. The molecular weight excluding hydrogens is 230 g/mol. The Kier molecular flexibility index (Phi) is 3.08. The minimum atomic E-state index is -2.03. The van der Waals surface area contributed by atoms with Crippen LogP contribution in [0.15, 0.2) is 28.7 Å². The van der Waals surface area contributed by atoms with Gasteiger partial charge in [0, 0.05) is 5.39 Å². The van der Waals surface area contributed by atoms with E-state index in [1.807, 2.05) is 0 Å². The number of para-hydroxylation sites is 1. The van der Waals surface area contributed by atoms with Gasteiger partial charge in [-0.1, -0.05) is 12.1 Å². The Morgan fingerprint density at radius 3 is 2.94 bits per heavy atom. The average molecular weight is 240 g/mol. The predicted octanol–water partition coefficient (Wildman–Crippen LogP) is 3.15. The maximum absolute atomic E-state index is 13.6. The van der Waals surface area contributed by atoms with Crippen molar-refractivity contribution in [3.63, 3.8) is 0 Å². The molecule has 0 amide bonds. The summed E-state index contributed by atoms with van der Waals surface area (Å²) >= 11 is 0. The third kappa shape index (κ3) is 2.13. The lowest BCUT2D eigenvalue weighted by atomic mass is 10.2. The minimum Gasteiger partial charge on any atom is -0.463 e. The van der Waals surface area contributed by atoms with E-state index >= 15 is 0 Å². The lowest BCUT2D eigenvalue weighted by Crippen LogP contribution is -2.11. The summed E-state index contributed by atoms with van der Waals surface area (Å²) in [4.78, 5) is 11.2. The molecule has 1 aromatic heterocycles. The first-order chi connectivity index (χ1) is 8.13. The van der Waals surface area contributed by atoms with Crippen molar-refractivity contribution in [1.82, 2.24) is 0 Å². The maximum Gasteiger partial charge on any atom is 0.348 e. The minimum absolute atomic E-state index is 0.0607. The van der Waals surface area contributed by atoms with Crippen molar-refractivity contribution in [2.75, 3.05) is 6.61 Å². The number of fused-ring (bicyclic) bond motifs is 1. The normalized spacial score (nSPS) is 12.6. The van der Waals surface area contributed by atoms with E-state index in [4.69, 9.17) is 4.42 Å². The Labute approximate surface area is 96.0 Å². The number of carbonyl (C=O) groups excluding carboxylic acids is 1. The zero-order valence-electron chi connectivity index (χ0n) is 9.07. The number of furan rings is 1. The number of hydrogen-bond donors (Lipinski definition) is 0. The quantitative estimate of drug-likeness (QED) is 0.773. The second-order valence-corrected chi connectivity index (χ2v) is 3.42. The molecule has 0 aliphatic carbocycles. The van der Waals surface area contributed by atoms with Gasteiger partial charge in [-0.25, -0.2) is 13.6 Å². The fraction of sp³-hybridized carbons (Fsp3) is 0.250. The molecule has 90 valence electrons. The highest BCUT2D eigenvalue weighted by molar-refractivity contribution is 5.82. The van der Waals surface area contributed by atoms with Gasteiger partial charge in [0.05, 0.1) is 6.61 Å².